The second kappa shape index (κ2) is 13.0. The minimum atomic E-state index is 0. The van der Waals surface area contributed by atoms with Gasteiger partial charge in [-0.3, -0.25) is 4.90 Å². The Labute approximate surface area is 204 Å². The van der Waals surface area contributed by atoms with Crippen LogP contribution in [-0.4, -0.2) is 73.9 Å². The van der Waals surface area contributed by atoms with Crippen LogP contribution < -0.4 is 5.32 Å². The van der Waals surface area contributed by atoms with Crippen molar-refractivity contribution in [3.05, 3.63) is 35.4 Å². The molecule has 7 heteroatoms. The van der Waals surface area contributed by atoms with Gasteiger partial charge in [0.15, 0.2) is 5.96 Å². The highest BCUT2D eigenvalue weighted by molar-refractivity contribution is 14.0. The van der Waals surface area contributed by atoms with Crippen molar-refractivity contribution in [2.24, 2.45) is 4.99 Å². The Balaban J connectivity index is 0.00000272. The number of hydrogen-bond donors (Lipinski definition) is 1. The highest BCUT2D eigenvalue weighted by Crippen LogP contribution is 2.21. The average Bonchev–Trinajstić information content (AvgIpc) is 3.33. The summed E-state index contributed by atoms with van der Waals surface area (Å²) in [6.45, 7) is 10.5. The van der Waals surface area contributed by atoms with E-state index < -0.39 is 0 Å². The Hall–Kier alpha value is -0.900. The summed E-state index contributed by atoms with van der Waals surface area (Å²) in [7, 11) is 0. The van der Waals surface area contributed by atoms with E-state index in [2.05, 4.69) is 46.3 Å². The third-order valence-electron chi connectivity index (χ3n) is 6.47. The molecule has 0 spiro atoms. The molecule has 1 aromatic carbocycles. The van der Waals surface area contributed by atoms with Crippen LogP contribution >= 0.6 is 24.0 Å². The van der Waals surface area contributed by atoms with E-state index in [0.29, 0.717) is 6.54 Å². The second-order valence-electron chi connectivity index (χ2n) is 8.68. The van der Waals surface area contributed by atoms with Gasteiger partial charge >= 0.3 is 0 Å². The topological polar surface area (TPSA) is 49.3 Å². The molecule has 0 amide bonds. The molecule has 3 saturated heterocycles. The molecular formula is C24H39IN4O2. The largest absolute Gasteiger partial charge is 0.375 e. The Morgan fingerprint density at radius 3 is 2.52 bits per heavy atom. The van der Waals surface area contributed by atoms with Gasteiger partial charge in [-0.05, 0) is 56.8 Å². The summed E-state index contributed by atoms with van der Waals surface area (Å²) in [5, 5.41) is 3.50. The van der Waals surface area contributed by atoms with Gasteiger partial charge in [0.1, 0.15) is 6.10 Å². The smallest absolute Gasteiger partial charge is 0.194 e. The van der Waals surface area contributed by atoms with Crippen molar-refractivity contribution in [1.82, 2.24) is 15.1 Å². The summed E-state index contributed by atoms with van der Waals surface area (Å²) in [6.07, 6.45) is 6.67. The number of aliphatic imine (C=N–C) groups is 1. The van der Waals surface area contributed by atoms with Crippen molar-refractivity contribution in [3.8, 4) is 0 Å². The van der Waals surface area contributed by atoms with E-state index in [4.69, 9.17) is 14.5 Å². The maximum Gasteiger partial charge on any atom is 0.194 e. The summed E-state index contributed by atoms with van der Waals surface area (Å²) in [5.41, 5.74) is 2.75. The van der Waals surface area contributed by atoms with Crippen LogP contribution in [0, 0.1) is 0 Å². The molecule has 0 aromatic heterocycles. The molecule has 0 radical (unpaired) electrons. The van der Waals surface area contributed by atoms with Crippen LogP contribution in [0.25, 0.3) is 0 Å². The monoisotopic (exact) mass is 542 g/mol. The van der Waals surface area contributed by atoms with Gasteiger partial charge in [0.25, 0.3) is 0 Å². The number of morpholine rings is 1. The Morgan fingerprint density at radius 1 is 1.00 bits per heavy atom. The molecule has 31 heavy (non-hydrogen) atoms. The lowest BCUT2D eigenvalue weighted by atomic mass is 10.1. The number of likely N-dealkylation sites (tertiary alicyclic amines) is 1. The third-order valence-corrected chi connectivity index (χ3v) is 6.47. The van der Waals surface area contributed by atoms with Gasteiger partial charge in [-0.1, -0.05) is 30.7 Å². The van der Waals surface area contributed by atoms with E-state index in [1.54, 1.807) is 0 Å². The van der Waals surface area contributed by atoms with Crippen molar-refractivity contribution in [1.29, 1.82) is 0 Å². The van der Waals surface area contributed by atoms with Crippen molar-refractivity contribution >= 4 is 29.9 Å². The summed E-state index contributed by atoms with van der Waals surface area (Å²) in [5.74, 6) is 0.997. The van der Waals surface area contributed by atoms with E-state index in [0.717, 1.165) is 58.2 Å². The number of halogens is 1. The van der Waals surface area contributed by atoms with Crippen LogP contribution in [0.4, 0.5) is 0 Å². The average molecular weight is 543 g/mol. The van der Waals surface area contributed by atoms with Crippen molar-refractivity contribution in [3.63, 3.8) is 0 Å². The van der Waals surface area contributed by atoms with Crippen LogP contribution in [-0.2, 0) is 22.6 Å². The predicted octanol–water partition coefficient (Wildman–Crippen LogP) is 3.64. The number of guanidine groups is 1. The van der Waals surface area contributed by atoms with Crippen molar-refractivity contribution in [2.45, 2.75) is 64.3 Å². The molecule has 1 N–H and O–H groups in total. The van der Waals surface area contributed by atoms with E-state index in [9.17, 15) is 0 Å². The van der Waals surface area contributed by atoms with Gasteiger partial charge in [0.05, 0.1) is 19.3 Å². The molecular weight excluding hydrogens is 503 g/mol. The molecule has 3 fully saturated rings. The molecule has 3 heterocycles. The quantitative estimate of drug-likeness (QED) is 0.338. The molecule has 2 unspecified atom stereocenters. The van der Waals surface area contributed by atoms with Gasteiger partial charge < -0.3 is 19.7 Å². The fourth-order valence-corrected chi connectivity index (χ4v) is 4.80. The summed E-state index contributed by atoms with van der Waals surface area (Å²) in [6, 6.07) is 8.81. The number of piperidine rings is 1. The van der Waals surface area contributed by atoms with Gasteiger partial charge in [0.2, 0.25) is 0 Å². The Morgan fingerprint density at radius 2 is 1.77 bits per heavy atom. The van der Waals surface area contributed by atoms with E-state index in [1.165, 1.54) is 43.5 Å². The summed E-state index contributed by atoms with van der Waals surface area (Å²) < 4.78 is 11.9. The fourth-order valence-electron chi connectivity index (χ4n) is 4.80. The first-order chi connectivity index (χ1) is 14.8. The fraction of sp³-hybridized carbons (Fsp3) is 0.708. The first-order valence-corrected chi connectivity index (χ1v) is 11.9. The van der Waals surface area contributed by atoms with Crippen LogP contribution in [0.2, 0.25) is 0 Å². The number of nitrogens with zero attached hydrogens (tertiary/aromatic N) is 3. The van der Waals surface area contributed by atoms with Crippen LogP contribution in [0.15, 0.2) is 29.3 Å². The standard InChI is InChI=1S/C24H38N4O2.HI/c1-2-25-24(28-14-16-30-23(19-28)22-11-8-15-29-22)26-17-20-9-4-5-10-21(20)18-27-12-6-3-7-13-27;/h4-5,9-10,22-23H,2-3,6-8,11-19H2,1H3,(H,25,26);1H. The normalized spacial score (nSPS) is 25.3. The predicted molar refractivity (Wildman–Crippen MR) is 136 cm³/mol. The van der Waals surface area contributed by atoms with Gasteiger partial charge in [-0.15, -0.1) is 24.0 Å². The van der Waals surface area contributed by atoms with Gasteiger partial charge in [-0.2, -0.15) is 0 Å². The lowest BCUT2D eigenvalue weighted by molar-refractivity contribution is -0.0817. The molecule has 4 rings (SSSR count). The molecule has 0 saturated carbocycles. The van der Waals surface area contributed by atoms with Crippen LogP contribution in [0.5, 0.6) is 0 Å². The highest BCUT2D eigenvalue weighted by Gasteiger charge is 2.32. The number of rotatable bonds is 6. The van der Waals surface area contributed by atoms with Gasteiger partial charge in [0, 0.05) is 32.8 Å². The molecule has 0 aliphatic carbocycles. The third kappa shape index (κ3) is 7.04. The SMILES string of the molecule is CCNC(=NCc1ccccc1CN1CCCCC1)N1CCOC(C2CCCO2)C1.I. The van der Waals surface area contributed by atoms with Crippen molar-refractivity contribution in [2.75, 3.05) is 45.9 Å². The van der Waals surface area contributed by atoms with E-state index in [-0.39, 0.29) is 36.2 Å². The first kappa shape index (κ1) is 24.7. The van der Waals surface area contributed by atoms with E-state index in [1.807, 2.05) is 0 Å². The minimum absolute atomic E-state index is 0. The minimum Gasteiger partial charge on any atom is -0.375 e. The lowest BCUT2D eigenvalue weighted by Crippen LogP contribution is -2.53. The van der Waals surface area contributed by atoms with Crippen LogP contribution in [0.3, 0.4) is 0 Å². The number of benzene rings is 1. The Kier molecular flexibility index (Phi) is 10.3. The molecule has 6 nitrogen and oxygen atoms in total. The highest BCUT2D eigenvalue weighted by atomic mass is 127. The Bertz CT molecular complexity index is 690. The molecule has 3 aliphatic rings. The van der Waals surface area contributed by atoms with E-state index >= 15 is 0 Å². The number of nitrogens with one attached hydrogen (secondary N) is 1. The molecule has 1 aromatic rings. The number of hydrogen-bond acceptors (Lipinski definition) is 4. The maximum atomic E-state index is 6.03. The van der Waals surface area contributed by atoms with Crippen LogP contribution in [0.1, 0.15) is 50.2 Å². The number of ether oxygens (including phenoxy) is 2. The lowest BCUT2D eigenvalue weighted by Gasteiger charge is -2.37. The van der Waals surface area contributed by atoms with Crippen molar-refractivity contribution < 1.29 is 9.47 Å². The molecule has 3 aliphatic heterocycles. The second-order valence-corrected chi connectivity index (χ2v) is 8.68. The molecule has 174 valence electrons. The van der Waals surface area contributed by atoms with Gasteiger partial charge in [-0.25, -0.2) is 4.99 Å². The molecule has 2 atom stereocenters. The summed E-state index contributed by atoms with van der Waals surface area (Å²) in [4.78, 5) is 9.98. The zero-order chi connectivity index (χ0) is 20.6. The zero-order valence-electron chi connectivity index (χ0n) is 18.9. The molecule has 0 bridgehead atoms. The summed E-state index contributed by atoms with van der Waals surface area (Å²) >= 11 is 0. The maximum absolute atomic E-state index is 6.03. The zero-order valence-corrected chi connectivity index (χ0v) is 21.3. The first-order valence-electron chi connectivity index (χ1n) is 11.9.